The summed E-state index contributed by atoms with van der Waals surface area (Å²) in [7, 11) is -3.75. The van der Waals surface area contributed by atoms with Crippen LogP contribution in [-0.4, -0.2) is 20.1 Å². The lowest BCUT2D eigenvalue weighted by Gasteiger charge is -2.12. The van der Waals surface area contributed by atoms with Gasteiger partial charge < -0.3 is 15.4 Å². The van der Waals surface area contributed by atoms with Gasteiger partial charge in [-0.05, 0) is 79.8 Å². The first-order chi connectivity index (χ1) is 14.4. The van der Waals surface area contributed by atoms with Gasteiger partial charge in [0.1, 0.15) is 11.6 Å². The molecule has 0 saturated carbocycles. The number of nitrogens with one attached hydrogen (secondary N) is 3. The smallest absolute Gasteiger partial charge is 0.261 e. The number of hydrogen-bond acceptors (Lipinski definition) is 4. The zero-order valence-corrected chi connectivity index (χ0v) is 17.7. The van der Waals surface area contributed by atoms with Crippen LogP contribution in [0.5, 0.6) is 5.75 Å². The van der Waals surface area contributed by atoms with E-state index in [1.165, 1.54) is 18.2 Å². The van der Waals surface area contributed by atoms with E-state index in [0.717, 1.165) is 0 Å². The fraction of sp³-hybridized carbons (Fsp3) is 0.0952. The lowest BCUT2D eigenvalue weighted by atomic mass is 10.3. The minimum Gasteiger partial charge on any atom is -0.494 e. The Hall–Kier alpha value is -3.17. The van der Waals surface area contributed by atoms with Crippen LogP contribution >= 0.6 is 12.2 Å². The van der Waals surface area contributed by atoms with Gasteiger partial charge in [-0.2, -0.15) is 0 Å². The summed E-state index contributed by atoms with van der Waals surface area (Å²) < 4.78 is 46.7. The predicted octanol–water partition coefficient (Wildman–Crippen LogP) is 4.83. The van der Waals surface area contributed by atoms with Crippen molar-refractivity contribution in [3.63, 3.8) is 0 Å². The molecule has 0 atom stereocenters. The van der Waals surface area contributed by atoms with Gasteiger partial charge in [-0.15, -0.1) is 0 Å². The Labute approximate surface area is 180 Å². The summed E-state index contributed by atoms with van der Waals surface area (Å²) in [6.07, 6.45) is 0. The molecule has 0 fully saturated rings. The number of rotatable bonds is 7. The Kier molecular flexibility index (Phi) is 6.86. The van der Waals surface area contributed by atoms with Crippen LogP contribution in [0.15, 0.2) is 77.7 Å². The average molecular weight is 446 g/mol. The summed E-state index contributed by atoms with van der Waals surface area (Å²) in [6, 6.07) is 18.8. The number of thiocarbonyl (C=S) groups is 1. The van der Waals surface area contributed by atoms with Gasteiger partial charge in [0.15, 0.2) is 5.11 Å². The molecule has 6 nitrogen and oxygen atoms in total. The molecule has 0 unspecified atom stereocenters. The van der Waals surface area contributed by atoms with Crippen LogP contribution < -0.4 is 20.1 Å². The van der Waals surface area contributed by atoms with Gasteiger partial charge in [0, 0.05) is 11.4 Å². The zero-order chi connectivity index (χ0) is 21.6. The largest absolute Gasteiger partial charge is 0.494 e. The highest BCUT2D eigenvalue weighted by molar-refractivity contribution is 7.92. The molecule has 0 bridgehead atoms. The molecule has 0 aliphatic rings. The lowest BCUT2D eigenvalue weighted by molar-refractivity contribution is 0.340. The monoisotopic (exact) mass is 445 g/mol. The van der Waals surface area contributed by atoms with Gasteiger partial charge in [-0.3, -0.25) is 4.72 Å². The van der Waals surface area contributed by atoms with Crippen molar-refractivity contribution in [3.05, 3.63) is 78.6 Å². The van der Waals surface area contributed by atoms with Gasteiger partial charge >= 0.3 is 0 Å². The molecule has 3 N–H and O–H groups in total. The number of benzene rings is 3. The molecular formula is C21H20FN3O3S2. The zero-order valence-electron chi connectivity index (χ0n) is 16.1. The number of halogens is 1. The third-order valence-electron chi connectivity index (χ3n) is 3.96. The van der Waals surface area contributed by atoms with E-state index < -0.39 is 15.8 Å². The Morgan fingerprint density at radius 1 is 0.933 bits per heavy atom. The van der Waals surface area contributed by atoms with Crippen molar-refractivity contribution in [2.75, 3.05) is 22.0 Å². The highest BCUT2D eigenvalue weighted by Gasteiger charge is 2.14. The van der Waals surface area contributed by atoms with Crippen LogP contribution in [-0.2, 0) is 10.0 Å². The van der Waals surface area contributed by atoms with Gasteiger partial charge in [-0.25, -0.2) is 12.8 Å². The van der Waals surface area contributed by atoms with Crippen molar-refractivity contribution in [2.24, 2.45) is 0 Å². The molecular weight excluding hydrogens is 425 g/mol. The maximum atomic E-state index is 13.7. The fourth-order valence-electron chi connectivity index (χ4n) is 2.56. The Morgan fingerprint density at radius 2 is 1.57 bits per heavy atom. The molecule has 0 aliphatic heterocycles. The predicted molar refractivity (Wildman–Crippen MR) is 121 cm³/mol. The van der Waals surface area contributed by atoms with Crippen molar-refractivity contribution in [3.8, 4) is 5.75 Å². The summed E-state index contributed by atoms with van der Waals surface area (Å²) in [5.41, 5.74) is 1.23. The van der Waals surface area contributed by atoms with E-state index in [2.05, 4.69) is 15.4 Å². The van der Waals surface area contributed by atoms with E-state index >= 15 is 0 Å². The maximum Gasteiger partial charge on any atom is 0.261 e. The van der Waals surface area contributed by atoms with Crippen LogP contribution in [0, 0.1) is 5.82 Å². The molecule has 3 aromatic rings. The first-order valence-electron chi connectivity index (χ1n) is 9.05. The highest BCUT2D eigenvalue weighted by atomic mass is 32.2. The molecule has 156 valence electrons. The van der Waals surface area contributed by atoms with Crippen LogP contribution in [0.3, 0.4) is 0 Å². The third-order valence-corrected chi connectivity index (χ3v) is 5.56. The summed E-state index contributed by atoms with van der Waals surface area (Å²) in [5.74, 6) is 0.235. The standard InChI is InChI=1S/C21H20FN3O3S2/c1-2-28-17-11-7-16(8-12-17)25-30(26,27)18-13-9-15(10-14-18)23-21(29)24-20-6-4-3-5-19(20)22/h3-14,25H,2H2,1H3,(H2,23,24,29). The van der Waals surface area contributed by atoms with Crippen molar-refractivity contribution in [1.82, 2.24) is 0 Å². The van der Waals surface area contributed by atoms with Crippen LogP contribution in [0.2, 0.25) is 0 Å². The fourth-order valence-corrected chi connectivity index (χ4v) is 3.85. The molecule has 0 heterocycles. The second-order valence-corrected chi connectivity index (χ2v) is 8.24. The van der Waals surface area contributed by atoms with Crippen molar-refractivity contribution >= 4 is 44.4 Å². The molecule has 3 aromatic carbocycles. The minimum atomic E-state index is -3.75. The SMILES string of the molecule is CCOc1ccc(NS(=O)(=O)c2ccc(NC(=S)Nc3ccccc3F)cc2)cc1. The second-order valence-electron chi connectivity index (χ2n) is 6.15. The van der Waals surface area contributed by atoms with Crippen molar-refractivity contribution in [1.29, 1.82) is 0 Å². The van der Waals surface area contributed by atoms with Crippen molar-refractivity contribution in [2.45, 2.75) is 11.8 Å². The van der Waals surface area contributed by atoms with E-state index in [9.17, 15) is 12.8 Å². The van der Waals surface area contributed by atoms with E-state index in [0.29, 0.717) is 23.7 Å². The minimum absolute atomic E-state index is 0.0925. The molecule has 9 heteroatoms. The van der Waals surface area contributed by atoms with E-state index in [4.69, 9.17) is 17.0 Å². The lowest BCUT2D eigenvalue weighted by Crippen LogP contribution is -2.20. The van der Waals surface area contributed by atoms with Gasteiger partial charge in [-0.1, -0.05) is 12.1 Å². The average Bonchev–Trinajstić information content (AvgIpc) is 2.72. The summed E-state index contributed by atoms with van der Waals surface area (Å²) in [4.78, 5) is 0.0925. The van der Waals surface area contributed by atoms with Crippen LogP contribution in [0.4, 0.5) is 21.5 Å². The summed E-state index contributed by atoms with van der Waals surface area (Å²) >= 11 is 5.17. The first kappa shape index (κ1) is 21.5. The Bertz CT molecular complexity index is 1120. The Morgan fingerprint density at radius 3 is 2.20 bits per heavy atom. The molecule has 0 aliphatic carbocycles. The van der Waals surface area contributed by atoms with Gasteiger partial charge in [0.25, 0.3) is 10.0 Å². The number of anilines is 3. The molecule has 0 saturated heterocycles. The number of sulfonamides is 1. The number of ether oxygens (including phenoxy) is 1. The van der Waals surface area contributed by atoms with Crippen molar-refractivity contribution < 1.29 is 17.5 Å². The van der Waals surface area contributed by atoms with E-state index in [-0.39, 0.29) is 15.7 Å². The summed E-state index contributed by atoms with van der Waals surface area (Å²) in [6.45, 7) is 2.41. The molecule has 0 aromatic heterocycles. The topological polar surface area (TPSA) is 79.5 Å². The normalized spacial score (nSPS) is 10.9. The molecule has 0 amide bonds. The third kappa shape index (κ3) is 5.68. The van der Waals surface area contributed by atoms with E-state index in [1.807, 2.05) is 6.92 Å². The number of para-hydroxylation sites is 1. The second kappa shape index (κ2) is 9.55. The molecule has 0 spiro atoms. The van der Waals surface area contributed by atoms with E-state index in [1.54, 1.807) is 54.6 Å². The molecule has 3 rings (SSSR count). The van der Waals surface area contributed by atoms with Gasteiger partial charge in [0.05, 0.1) is 17.2 Å². The van der Waals surface area contributed by atoms with Gasteiger partial charge in [0.2, 0.25) is 0 Å². The molecule has 0 radical (unpaired) electrons. The van der Waals surface area contributed by atoms with Crippen LogP contribution in [0.1, 0.15) is 6.92 Å². The summed E-state index contributed by atoms with van der Waals surface area (Å²) in [5, 5.41) is 5.83. The first-order valence-corrected chi connectivity index (χ1v) is 10.9. The molecule has 30 heavy (non-hydrogen) atoms. The van der Waals surface area contributed by atoms with Crippen LogP contribution in [0.25, 0.3) is 0 Å². The quantitative estimate of drug-likeness (QED) is 0.452. The number of hydrogen-bond donors (Lipinski definition) is 3. The highest BCUT2D eigenvalue weighted by Crippen LogP contribution is 2.21. The Balaban J connectivity index is 1.63. The maximum absolute atomic E-state index is 13.7.